The van der Waals surface area contributed by atoms with Crippen molar-refractivity contribution >= 4 is 40.2 Å². The van der Waals surface area contributed by atoms with Gasteiger partial charge in [0.15, 0.2) is 0 Å². The summed E-state index contributed by atoms with van der Waals surface area (Å²) in [4.78, 5) is 43.8. The molecule has 178 valence electrons. The van der Waals surface area contributed by atoms with Gasteiger partial charge >= 0.3 is 0 Å². The Morgan fingerprint density at radius 3 is 2.82 bits per heavy atom. The van der Waals surface area contributed by atoms with Gasteiger partial charge in [-0.25, -0.2) is 0 Å². The average molecular weight is 482 g/mol. The second-order valence-corrected chi connectivity index (χ2v) is 10.4. The van der Waals surface area contributed by atoms with Gasteiger partial charge in [0.2, 0.25) is 11.8 Å². The van der Waals surface area contributed by atoms with Crippen molar-refractivity contribution in [2.75, 3.05) is 13.1 Å². The zero-order valence-corrected chi connectivity index (χ0v) is 19.7. The van der Waals surface area contributed by atoms with E-state index in [1.165, 1.54) is 0 Å². The molecule has 1 aromatic carbocycles. The number of piperidine rings is 1. The highest BCUT2D eigenvalue weighted by molar-refractivity contribution is 6.35. The third kappa shape index (κ3) is 4.14. The standard InChI is InChI=1S/C25H28ClN5O3/c26-18-5-1-6-19-17(18)11-20(30-19)24(34)31-14-25(7-3-8-25)12-21(31)23(33)29-16(13-27)10-15-4-2-9-28-22(15)32/h1,5-6,11,15-16,21,30H,2-4,7-10,12,14H2,(H,28,32)(H,29,33)/t15?,16-,21?/m0/s1. The summed E-state index contributed by atoms with van der Waals surface area (Å²) in [5, 5.41) is 16.6. The number of carbonyl (C=O) groups excluding carboxylic acids is 3. The molecule has 5 rings (SSSR count). The molecule has 1 saturated carbocycles. The average Bonchev–Trinajstić information content (AvgIpc) is 3.43. The van der Waals surface area contributed by atoms with Crippen LogP contribution in [0, 0.1) is 22.7 Å². The van der Waals surface area contributed by atoms with Crippen LogP contribution in [0.25, 0.3) is 10.9 Å². The predicted molar refractivity (Wildman–Crippen MR) is 127 cm³/mol. The predicted octanol–water partition coefficient (Wildman–Crippen LogP) is 3.13. The van der Waals surface area contributed by atoms with Crippen molar-refractivity contribution in [1.29, 1.82) is 5.26 Å². The van der Waals surface area contributed by atoms with Gasteiger partial charge < -0.3 is 20.5 Å². The number of rotatable bonds is 5. The molecular formula is C25H28ClN5O3. The van der Waals surface area contributed by atoms with Gasteiger partial charge in [0, 0.05) is 34.9 Å². The summed E-state index contributed by atoms with van der Waals surface area (Å²) >= 11 is 6.29. The lowest BCUT2D eigenvalue weighted by atomic mass is 9.67. The van der Waals surface area contributed by atoms with Gasteiger partial charge in [-0.05, 0) is 62.1 Å². The smallest absolute Gasteiger partial charge is 0.271 e. The van der Waals surface area contributed by atoms with Crippen LogP contribution < -0.4 is 10.6 Å². The number of nitrogens with zero attached hydrogens (tertiary/aromatic N) is 2. The Labute approximate surface area is 203 Å². The maximum Gasteiger partial charge on any atom is 0.271 e. The third-order valence-electron chi connectivity index (χ3n) is 7.72. The van der Waals surface area contributed by atoms with Crippen molar-refractivity contribution in [3.05, 3.63) is 35.0 Å². The number of likely N-dealkylation sites (tertiary alicyclic amines) is 1. The van der Waals surface area contributed by atoms with E-state index in [4.69, 9.17) is 11.6 Å². The summed E-state index contributed by atoms with van der Waals surface area (Å²) < 4.78 is 0. The number of carbonyl (C=O) groups is 3. The van der Waals surface area contributed by atoms with E-state index in [0.29, 0.717) is 36.6 Å². The Kier molecular flexibility index (Phi) is 5.98. The molecule has 2 saturated heterocycles. The van der Waals surface area contributed by atoms with Crippen LogP contribution in [0.4, 0.5) is 0 Å². The minimum Gasteiger partial charge on any atom is -0.356 e. The zero-order chi connectivity index (χ0) is 23.9. The molecule has 34 heavy (non-hydrogen) atoms. The Morgan fingerprint density at radius 1 is 1.32 bits per heavy atom. The lowest BCUT2D eigenvalue weighted by Crippen LogP contribution is -2.49. The van der Waals surface area contributed by atoms with E-state index in [0.717, 1.165) is 36.6 Å². The minimum absolute atomic E-state index is 0.0350. The summed E-state index contributed by atoms with van der Waals surface area (Å²) in [7, 11) is 0. The van der Waals surface area contributed by atoms with Crippen molar-refractivity contribution in [3.8, 4) is 6.07 Å². The van der Waals surface area contributed by atoms with Gasteiger partial charge in [0.25, 0.3) is 5.91 Å². The van der Waals surface area contributed by atoms with Crippen molar-refractivity contribution < 1.29 is 14.4 Å². The fraction of sp³-hybridized carbons (Fsp3) is 0.520. The van der Waals surface area contributed by atoms with Crippen molar-refractivity contribution in [2.24, 2.45) is 11.3 Å². The lowest BCUT2D eigenvalue weighted by molar-refractivity contribution is -0.128. The van der Waals surface area contributed by atoms with Gasteiger partial charge in [-0.15, -0.1) is 0 Å². The van der Waals surface area contributed by atoms with Crippen molar-refractivity contribution in [3.63, 3.8) is 0 Å². The number of hydrogen-bond acceptors (Lipinski definition) is 4. The van der Waals surface area contributed by atoms with Gasteiger partial charge in [0.1, 0.15) is 17.8 Å². The highest BCUT2D eigenvalue weighted by Gasteiger charge is 2.52. The van der Waals surface area contributed by atoms with Crippen LogP contribution in [-0.2, 0) is 9.59 Å². The fourth-order valence-corrected chi connectivity index (χ4v) is 5.92. The van der Waals surface area contributed by atoms with Crippen LogP contribution >= 0.6 is 11.6 Å². The molecule has 2 unspecified atom stereocenters. The summed E-state index contributed by atoms with van der Waals surface area (Å²) in [5.74, 6) is -0.913. The Bertz CT molecular complexity index is 1180. The Morgan fingerprint density at radius 2 is 2.15 bits per heavy atom. The van der Waals surface area contributed by atoms with Crippen molar-refractivity contribution in [1.82, 2.24) is 20.5 Å². The number of H-pyrrole nitrogens is 1. The molecule has 1 aliphatic carbocycles. The van der Waals surface area contributed by atoms with Crippen LogP contribution in [-0.4, -0.2) is 52.8 Å². The first-order valence-corrected chi connectivity index (χ1v) is 12.3. The SMILES string of the molecule is N#C[C@H](CC1CCCNC1=O)NC(=O)C1CC2(CCC2)CN1C(=O)c1cc2c(Cl)cccc2[nH]1. The van der Waals surface area contributed by atoms with Crippen LogP contribution in [0.1, 0.15) is 55.4 Å². The van der Waals surface area contributed by atoms with Gasteiger partial charge in [-0.1, -0.05) is 24.1 Å². The van der Waals surface area contributed by atoms with E-state index in [2.05, 4.69) is 21.7 Å². The van der Waals surface area contributed by atoms with E-state index in [1.54, 1.807) is 17.0 Å². The molecule has 2 aliphatic heterocycles. The Hall–Kier alpha value is -3.05. The quantitative estimate of drug-likeness (QED) is 0.607. The van der Waals surface area contributed by atoms with Gasteiger partial charge in [-0.2, -0.15) is 5.26 Å². The normalized spacial score (nSPS) is 24.4. The number of halogens is 1. The number of nitrogens with one attached hydrogen (secondary N) is 3. The molecule has 3 atom stereocenters. The monoisotopic (exact) mass is 481 g/mol. The number of fused-ring (bicyclic) bond motifs is 1. The van der Waals surface area contributed by atoms with Crippen LogP contribution in [0.3, 0.4) is 0 Å². The summed E-state index contributed by atoms with van der Waals surface area (Å²) in [5.41, 5.74) is 1.13. The molecule has 0 bridgehead atoms. The van der Waals surface area contributed by atoms with E-state index in [1.807, 2.05) is 12.1 Å². The molecule has 3 fully saturated rings. The lowest BCUT2D eigenvalue weighted by Gasteiger charge is -2.37. The van der Waals surface area contributed by atoms with E-state index in [9.17, 15) is 19.6 Å². The highest BCUT2D eigenvalue weighted by Crippen LogP contribution is 2.50. The van der Waals surface area contributed by atoms with E-state index >= 15 is 0 Å². The molecular weight excluding hydrogens is 454 g/mol. The third-order valence-corrected chi connectivity index (χ3v) is 8.05. The van der Waals surface area contributed by atoms with E-state index in [-0.39, 0.29) is 35.5 Å². The number of aromatic amines is 1. The summed E-state index contributed by atoms with van der Waals surface area (Å²) in [6.07, 6.45) is 5.51. The van der Waals surface area contributed by atoms with Crippen LogP contribution in [0.2, 0.25) is 5.02 Å². The number of hydrogen-bond donors (Lipinski definition) is 3. The second-order valence-electron chi connectivity index (χ2n) is 9.95. The summed E-state index contributed by atoms with van der Waals surface area (Å²) in [6, 6.07) is 7.90. The minimum atomic E-state index is -0.775. The topological polar surface area (TPSA) is 118 Å². The molecule has 9 heteroatoms. The van der Waals surface area contributed by atoms with Crippen LogP contribution in [0.15, 0.2) is 24.3 Å². The maximum atomic E-state index is 13.5. The first kappa shape index (κ1) is 22.7. The number of nitriles is 1. The number of aromatic nitrogens is 1. The molecule has 1 aromatic heterocycles. The number of amides is 3. The largest absolute Gasteiger partial charge is 0.356 e. The molecule has 3 heterocycles. The zero-order valence-electron chi connectivity index (χ0n) is 18.9. The summed E-state index contributed by atoms with van der Waals surface area (Å²) in [6.45, 7) is 1.17. The maximum absolute atomic E-state index is 13.5. The Balaban J connectivity index is 1.34. The van der Waals surface area contributed by atoms with Gasteiger partial charge in [0.05, 0.1) is 6.07 Å². The second kappa shape index (κ2) is 8.95. The number of benzene rings is 1. The molecule has 3 aliphatic rings. The molecule has 0 radical (unpaired) electrons. The van der Waals surface area contributed by atoms with Gasteiger partial charge in [-0.3, -0.25) is 14.4 Å². The molecule has 3 N–H and O–H groups in total. The fourth-order valence-electron chi connectivity index (χ4n) is 5.69. The highest BCUT2D eigenvalue weighted by atomic mass is 35.5. The molecule has 1 spiro atoms. The van der Waals surface area contributed by atoms with E-state index < -0.39 is 12.1 Å². The first-order valence-electron chi connectivity index (χ1n) is 11.9. The molecule has 2 aromatic rings. The van der Waals surface area contributed by atoms with Crippen molar-refractivity contribution in [2.45, 2.75) is 57.0 Å². The van der Waals surface area contributed by atoms with Crippen LogP contribution in [0.5, 0.6) is 0 Å². The molecule has 3 amide bonds. The molecule has 8 nitrogen and oxygen atoms in total. The first-order chi connectivity index (χ1) is 16.4.